The average Bonchev–Trinajstić information content (AvgIpc) is 3.06. The van der Waals surface area contributed by atoms with Crippen LogP contribution < -0.4 is 14.5 Å². The molecule has 1 amide bonds. The molecule has 0 aliphatic carbocycles. The zero-order valence-corrected chi connectivity index (χ0v) is 19.9. The van der Waals surface area contributed by atoms with Crippen LogP contribution in [0, 0.1) is 6.92 Å². The molecule has 1 aliphatic rings. The molecule has 0 unspecified atom stereocenters. The van der Waals surface area contributed by atoms with Gasteiger partial charge in [-0.05, 0) is 48.9 Å². The van der Waals surface area contributed by atoms with Crippen molar-refractivity contribution < 1.29 is 9.53 Å². The summed E-state index contributed by atoms with van der Waals surface area (Å²) in [5.74, 6) is 0.612. The van der Waals surface area contributed by atoms with Crippen LogP contribution >= 0.6 is 24.0 Å². The Labute approximate surface area is 198 Å². The number of carbonyl (C=O) groups excluding carboxylic acids is 1. The molecule has 0 aromatic heterocycles. The summed E-state index contributed by atoms with van der Waals surface area (Å²) in [6, 6.07) is 23.8. The Kier molecular flexibility index (Phi) is 6.63. The van der Waals surface area contributed by atoms with E-state index in [2.05, 4.69) is 19.1 Å². The molecule has 1 saturated heterocycles. The van der Waals surface area contributed by atoms with Gasteiger partial charge in [0.05, 0.1) is 10.6 Å². The molecule has 0 saturated carbocycles. The Balaban J connectivity index is 1.55. The summed E-state index contributed by atoms with van der Waals surface area (Å²) in [6.45, 7) is 2.53. The Morgan fingerprint density at radius 2 is 1.78 bits per heavy atom. The van der Waals surface area contributed by atoms with E-state index in [1.807, 2.05) is 85.7 Å². The lowest BCUT2D eigenvalue weighted by atomic mass is 10.1. The minimum Gasteiger partial charge on any atom is -0.488 e. The van der Waals surface area contributed by atoms with Crippen molar-refractivity contribution in [3.05, 3.63) is 94.4 Å². The van der Waals surface area contributed by atoms with E-state index < -0.39 is 0 Å². The molecule has 0 atom stereocenters. The van der Waals surface area contributed by atoms with Gasteiger partial charge in [0.2, 0.25) is 0 Å². The molecule has 0 spiro atoms. The highest BCUT2D eigenvalue weighted by Gasteiger charge is 2.33. The van der Waals surface area contributed by atoms with Crippen molar-refractivity contribution in [3.63, 3.8) is 0 Å². The van der Waals surface area contributed by atoms with Crippen LogP contribution in [-0.4, -0.2) is 24.3 Å². The fraction of sp³-hybridized carbons (Fsp3) is 0.154. The fourth-order valence-corrected chi connectivity index (χ4v) is 4.72. The molecule has 32 heavy (non-hydrogen) atoms. The first-order chi connectivity index (χ1) is 15.4. The van der Waals surface area contributed by atoms with Gasteiger partial charge in [0.1, 0.15) is 12.4 Å². The molecule has 6 heteroatoms. The second-order valence-electron chi connectivity index (χ2n) is 7.74. The van der Waals surface area contributed by atoms with Crippen molar-refractivity contribution in [1.29, 1.82) is 0 Å². The monoisotopic (exact) mass is 460 g/mol. The Morgan fingerprint density at radius 3 is 2.50 bits per heavy atom. The first-order valence-electron chi connectivity index (χ1n) is 10.2. The zero-order valence-electron chi connectivity index (χ0n) is 18.2. The molecule has 1 heterocycles. The highest BCUT2D eigenvalue weighted by molar-refractivity contribution is 8.27. The van der Waals surface area contributed by atoms with Crippen LogP contribution in [0.4, 0.5) is 11.4 Å². The van der Waals surface area contributed by atoms with Gasteiger partial charge in [-0.1, -0.05) is 72.0 Å². The van der Waals surface area contributed by atoms with Crippen LogP contribution in [0.5, 0.6) is 5.75 Å². The first kappa shape index (κ1) is 22.1. The normalized spacial score (nSPS) is 14.8. The van der Waals surface area contributed by atoms with Crippen molar-refractivity contribution >= 4 is 51.7 Å². The molecule has 162 valence electrons. The van der Waals surface area contributed by atoms with E-state index in [1.54, 1.807) is 4.90 Å². The Hall–Kier alpha value is -3.09. The molecule has 4 nitrogen and oxygen atoms in total. The number of thioether (sulfide) groups is 1. The molecule has 4 rings (SSSR count). The van der Waals surface area contributed by atoms with E-state index in [-0.39, 0.29) is 5.91 Å². The SMILES string of the molecule is Cc1cccc(COc2ccccc2/C=C2/SC(=S)N(c3ccc(N(C)C)cc3)C2=O)c1. The molecule has 0 radical (unpaired) electrons. The third kappa shape index (κ3) is 4.87. The number of rotatable bonds is 6. The lowest BCUT2D eigenvalue weighted by Crippen LogP contribution is -2.27. The second-order valence-corrected chi connectivity index (χ2v) is 9.42. The minimum atomic E-state index is -0.119. The van der Waals surface area contributed by atoms with E-state index in [1.165, 1.54) is 17.3 Å². The summed E-state index contributed by atoms with van der Waals surface area (Å²) >= 11 is 6.83. The van der Waals surface area contributed by atoms with Crippen molar-refractivity contribution in [1.82, 2.24) is 0 Å². The lowest BCUT2D eigenvalue weighted by molar-refractivity contribution is -0.113. The maximum Gasteiger partial charge on any atom is 0.270 e. The predicted molar refractivity (Wildman–Crippen MR) is 138 cm³/mol. The number of aryl methyl sites for hydroxylation is 1. The number of benzene rings is 3. The number of carbonyl (C=O) groups is 1. The molecule has 0 bridgehead atoms. The summed E-state index contributed by atoms with van der Waals surface area (Å²) in [6.07, 6.45) is 1.86. The second kappa shape index (κ2) is 9.59. The van der Waals surface area contributed by atoms with Crippen molar-refractivity contribution in [2.24, 2.45) is 0 Å². The highest BCUT2D eigenvalue weighted by Crippen LogP contribution is 2.37. The van der Waals surface area contributed by atoms with Crippen LogP contribution in [0.25, 0.3) is 6.08 Å². The average molecular weight is 461 g/mol. The number of ether oxygens (including phenoxy) is 1. The molecule has 3 aromatic carbocycles. The molecular formula is C26H24N2O2S2. The smallest absolute Gasteiger partial charge is 0.270 e. The quantitative estimate of drug-likeness (QED) is 0.331. The van der Waals surface area contributed by atoms with Crippen LogP contribution in [0.3, 0.4) is 0 Å². The van der Waals surface area contributed by atoms with E-state index in [4.69, 9.17) is 17.0 Å². The van der Waals surface area contributed by atoms with Crippen LogP contribution in [0.2, 0.25) is 0 Å². The van der Waals surface area contributed by atoms with Gasteiger partial charge >= 0.3 is 0 Å². The summed E-state index contributed by atoms with van der Waals surface area (Å²) < 4.78 is 6.61. The number of anilines is 2. The topological polar surface area (TPSA) is 32.8 Å². The molecular weight excluding hydrogens is 436 g/mol. The van der Waals surface area contributed by atoms with Gasteiger partial charge in [0.15, 0.2) is 4.32 Å². The maximum atomic E-state index is 13.2. The third-order valence-corrected chi connectivity index (χ3v) is 6.40. The van der Waals surface area contributed by atoms with Crippen molar-refractivity contribution in [3.8, 4) is 5.75 Å². The summed E-state index contributed by atoms with van der Waals surface area (Å²) in [7, 11) is 3.96. The van der Waals surface area contributed by atoms with E-state index in [0.717, 1.165) is 28.3 Å². The minimum absolute atomic E-state index is 0.119. The molecule has 1 fully saturated rings. The third-order valence-electron chi connectivity index (χ3n) is 5.10. The molecule has 3 aromatic rings. The first-order valence-corrected chi connectivity index (χ1v) is 11.5. The van der Waals surface area contributed by atoms with Crippen molar-refractivity contribution in [2.45, 2.75) is 13.5 Å². The lowest BCUT2D eigenvalue weighted by Gasteiger charge is -2.17. The summed E-state index contributed by atoms with van der Waals surface area (Å²) in [5, 5.41) is 0. The van der Waals surface area contributed by atoms with Crippen molar-refractivity contribution in [2.75, 3.05) is 23.9 Å². The van der Waals surface area contributed by atoms with Gasteiger partial charge < -0.3 is 9.64 Å². The van der Waals surface area contributed by atoms with E-state index in [9.17, 15) is 4.79 Å². The van der Waals surface area contributed by atoms with Crippen LogP contribution in [-0.2, 0) is 11.4 Å². The number of para-hydroxylation sites is 1. The number of thiocarbonyl (C=S) groups is 1. The van der Waals surface area contributed by atoms with Crippen LogP contribution in [0.1, 0.15) is 16.7 Å². The van der Waals surface area contributed by atoms with Gasteiger partial charge in [-0.3, -0.25) is 9.69 Å². The standard InChI is InChI=1S/C26H24N2O2S2/c1-18-7-6-8-19(15-18)17-30-23-10-5-4-9-20(23)16-24-25(29)28(26(31)32-24)22-13-11-21(12-14-22)27(2)3/h4-16H,17H2,1-3H3/b24-16+. The van der Waals surface area contributed by atoms with Gasteiger partial charge in [-0.2, -0.15) is 0 Å². The van der Waals surface area contributed by atoms with Gasteiger partial charge in [-0.25, -0.2) is 0 Å². The number of amides is 1. The van der Waals surface area contributed by atoms with Gasteiger partial charge in [0.25, 0.3) is 5.91 Å². The number of hydrogen-bond acceptors (Lipinski definition) is 5. The van der Waals surface area contributed by atoms with Gasteiger partial charge in [-0.15, -0.1) is 0 Å². The molecule has 0 N–H and O–H groups in total. The number of hydrogen-bond donors (Lipinski definition) is 0. The summed E-state index contributed by atoms with van der Waals surface area (Å²) in [5.41, 5.74) is 4.98. The zero-order chi connectivity index (χ0) is 22.7. The number of nitrogens with zero attached hydrogens (tertiary/aromatic N) is 2. The fourth-order valence-electron chi connectivity index (χ4n) is 3.43. The van der Waals surface area contributed by atoms with Gasteiger partial charge in [0, 0.05) is 25.3 Å². The largest absolute Gasteiger partial charge is 0.488 e. The maximum absolute atomic E-state index is 13.2. The Morgan fingerprint density at radius 1 is 1.03 bits per heavy atom. The Bertz CT molecular complexity index is 1190. The molecule has 1 aliphatic heterocycles. The van der Waals surface area contributed by atoms with E-state index >= 15 is 0 Å². The predicted octanol–water partition coefficient (Wildman–Crippen LogP) is 6.05. The van der Waals surface area contributed by atoms with Crippen LogP contribution in [0.15, 0.2) is 77.7 Å². The highest BCUT2D eigenvalue weighted by atomic mass is 32.2. The summed E-state index contributed by atoms with van der Waals surface area (Å²) in [4.78, 5) is 17.3. The van der Waals surface area contributed by atoms with E-state index in [0.29, 0.717) is 15.8 Å².